The second-order valence-corrected chi connectivity index (χ2v) is 8.87. The number of carbonyl (C=O) groups is 1. The highest BCUT2D eigenvalue weighted by atomic mass is 16.5. The van der Waals surface area contributed by atoms with E-state index in [1.807, 2.05) is 43.3 Å². The molecule has 6 rings (SSSR count). The highest BCUT2D eigenvalue weighted by molar-refractivity contribution is 5.92. The molecule has 0 bridgehead atoms. The highest BCUT2D eigenvalue weighted by Gasteiger charge is 2.20. The van der Waals surface area contributed by atoms with Gasteiger partial charge in [-0.1, -0.05) is 12.1 Å². The molecule has 1 atom stereocenters. The molecule has 0 unspecified atom stereocenters. The number of fused-ring (bicyclic) bond motifs is 1. The van der Waals surface area contributed by atoms with Crippen LogP contribution in [-0.4, -0.2) is 50.1 Å². The molecule has 0 spiro atoms. The first kappa shape index (κ1) is 22.1. The van der Waals surface area contributed by atoms with E-state index in [0.717, 1.165) is 57.8 Å². The van der Waals surface area contributed by atoms with Gasteiger partial charge in [0.05, 0.1) is 40.2 Å². The third-order valence-corrected chi connectivity index (χ3v) is 6.32. The highest BCUT2D eigenvalue weighted by Crippen LogP contribution is 2.31. The molecule has 8 heteroatoms. The Hall–Kier alpha value is -4.43. The molecule has 36 heavy (non-hydrogen) atoms. The zero-order valence-electron chi connectivity index (χ0n) is 19.7. The molecule has 1 aromatic carbocycles. The lowest BCUT2D eigenvalue weighted by atomic mass is 10.0. The van der Waals surface area contributed by atoms with Crippen molar-refractivity contribution in [3.8, 4) is 33.9 Å². The van der Waals surface area contributed by atoms with Crippen LogP contribution in [0.15, 0.2) is 73.3 Å². The lowest BCUT2D eigenvalue weighted by Crippen LogP contribution is -2.20. The van der Waals surface area contributed by atoms with Crippen molar-refractivity contribution >= 4 is 16.9 Å². The van der Waals surface area contributed by atoms with Crippen molar-refractivity contribution in [3.05, 3.63) is 84.6 Å². The van der Waals surface area contributed by atoms with Gasteiger partial charge in [-0.3, -0.25) is 15.0 Å². The summed E-state index contributed by atoms with van der Waals surface area (Å²) >= 11 is 0. The molecule has 2 N–H and O–H groups in total. The summed E-state index contributed by atoms with van der Waals surface area (Å²) in [5, 5.41) is 4.15. The second-order valence-electron chi connectivity index (χ2n) is 8.87. The number of ether oxygens (including phenoxy) is 1. The number of aryl methyl sites for hydroxylation is 1. The first-order valence-electron chi connectivity index (χ1n) is 11.9. The lowest BCUT2D eigenvalue weighted by Gasteiger charge is -2.11. The maximum Gasteiger partial charge on any atom is 0.338 e. The van der Waals surface area contributed by atoms with Crippen LogP contribution in [0.3, 0.4) is 0 Å². The predicted molar refractivity (Wildman–Crippen MR) is 137 cm³/mol. The Balaban J connectivity index is 1.33. The number of aromatic nitrogens is 5. The van der Waals surface area contributed by atoms with Gasteiger partial charge >= 0.3 is 5.97 Å². The molecule has 1 fully saturated rings. The number of nitrogens with zero attached hydrogens (tertiary/aromatic N) is 4. The summed E-state index contributed by atoms with van der Waals surface area (Å²) in [6, 6.07) is 17.4. The average molecular weight is 477 g/mol. The zero-order valence-corrected chi connectivity index (χ0v) is 19.7. The average Bonchev–Trinajstić information content (AvgIpc) is 3.61. The van der Waals surface area contributed by atoms with Crippen molar-refractivity contribution < 1.29 is 9.53 Å². The standard InChI is InChI=1S/C28H24N6O2/c1-17-3-2-4-24(34-17)27-26(32-16-33-27)18-5-6-23-20(11-18)12-21(14-31-23)25-13-19(7-10-30-25)28(35)36-22-8-9-29-15-22/h2-7,10-14,16,22,29H,8-9,15H2,1H3,(H,32,33)/t22-/m0/s1. The normalized spacial score (nSPS) is 15.3. The van der Waals surface area contributed by atoms with Crippen LogP contribution < -0.4 is 5.32 Å². The number of rotatable bonds is 5. The lowest BCUT2D eigenvalue weighted by molar-refractivity contribution is 0.0344. The molecule has 1 aliphatic heterocycles. The van der Waals surface area contributed by atoms with E-state index in [9.17, 15) is 4.79 Å². The summed E-state index contributed by atoms with van der Waals surface area (Å²) in [4.78, 5) is 34.2. The minimum atomic E-state index is -0.334. The molecule has 5 heterocycles. The van der Waals surface area contributed by atoms with Crippen molar-refractivity contribution in [2.24, 2.45) is 0 Å². The van der Waals surface area contributed by atoms with Crippen LogP contribution in [0.4, 0.5) is 0 Å². The van der Waals surface area contributed by atoms with Gasteiger partial charge in [0.1, 0.15) is 6.10 Å². The van der Waals surface area contributed by atoms with Gasteiger partial charge in [0.2, 0.25) is 0 Å². The van der Waals surface area contributed by atoms with Crippen molar-refractivity contribution in [2.75, 3.05) is 13.1 Å². The minimum Gasteiger partial charge on any atom is -0.457 e. The summed E-state index contributed by atoms with van der Waals surface area (Å²) in [6.45, 7) is 3.53. The smallest absolute Gasteiger partial charge is 0.338 e. The van der Waals surface area contributed by atoms with E-state index >= 15 is 0 Å². The molecule has 0 saturated carbocycles. The number of hydrogen-bond acceptors (Lipinski definition) is 7. The van der Waals surface area contributed by atoms with Gasteiger partial charge in [0.25, 0.3) is 0 Å². The largest absolute Gasteiger partial charge is 0.457 e. The maximum atomic E-state index is 12.6. The fourth-order valence-corrected chi connectivity index (χ4v) is 4.47. The number of esters is 1. The Morgan fingerprint density at radius 2 is 1.92 bits per heavy atom. The monoisotopic (exact) mass is 476 g/mol. The summed E-state index contributed by atoms with van der Waals surface area (Å²) in [6.07, 6.45) is 5.83. The Kier molecular flexibility index (Phi) is 5.71. The SMILES string of the molecule is Cc1cccc(-c2[nH]cnc2-c2ccc3ncc(-c4cc(C(=O)O[C@H]5CCNC5)ccn4)cc3c2)n1. The first-order chi connectivity index (χ1) is 17.6. The van der Waals surface area contributed by atoms with Gasteiger partial charge < -0.3 is 15.0 Å². The molecule has 1 aliphatic rings. The summed E-state index contributed by atoms with van der Waals surface area (Å²) in [5.41, 5.74) is 7.26. The Bertz CT molecular complexity index is 1570. The van der Waals surface area contributed by atoms with Gasteiger partial charge in [-0.15, -0.1) is 0 Å². The Morgan fingerprint density at radius 1 is 1.00 bits per heavy atom. The van der Waals surface area contributed by atoms with E-state index in [-0.39, 0.29) is 12.1 Å². The van der Waals surface area contributed by atoms with Gasteiger partial charge in [-0.2, -0.15) is 0 Å². The van der Waals surface area contributed by atoms with Gasteiger partial charge in [-0.05, 0) is 62.4 Å². The number of carbonyl (C=O) groups excluding carboxylic acids is 1. The molecule has 5 aromatic rings. The predicted octanol–water partition coefficient (Wildman–Crippen LogP) is 4.58. The molecule has 0 amide bonds. The fraction of sp³-hybridized carbons (Fsp3) is 0.179. The zero-order chi connectivity index (χ0) is 24.5. The van der Waals surface area contributed by atoms with Crippen molar-refractivity contribution in [3.63, 3.8) is 0 Å². The van der Waals surface area contributed by atoms with Crippen LogP contribution in [0.5, 0.6) is 0 Å². The topological polar surface area (TPSA) is 106 Å². The molecule has 1 saturated heterocycles. The van der Waals surface area contributed by atoms with E-state index in [4.69, 9.17) is 4.74 Å². The van der Waals surface area contributed by atoms with Crippen molar-refractivity contribution in [2.45, 2.75) is 19.4 Å². The van der Waals surface area contributed by atoms with E-state index in [1.54, 1.807) is 30.9 Å². The molecule has 178 valence electrons. The van der Waals surface area contributed by atoms with Crippen LogP contribution in [0.2, 0.25) is 0 Å². The number of benzene rings is 1. The number of nitrogens with one attached hydrogen (secondary N) is 2. The van der Waals surface area contributed by atoms with Gasteiger partial charge in [0, 0.05) is 41.1 Å². The van der Waals surface area contributed by atoms with E-state index in [2.05, 4.69) is 36.3 Å². The van der Waals surface area contributed by atoms with Crippen molar-refractivity contribution in [1.29, 1.82) is 0 Å². The van der Waals surface area contributed by atoms with Crippen molar-refractivity contribution in [1.82, 2.24) is 30.2 Å². The van der Waals surface area contributed by atoms with E-state index in [0.29, 0.717) is 17.8 Å². The molecule has 4 aromatic heterocycles. The summed E-state index contributed by atoms with van der Waals surface area (Å²) < 4.78 is 5.61. The number of imidazole rings is 1. The number of aromatic amines is 1. The molecule has 0 aliphatic carbocycles. The fourth-order valence-electron chi connectivity index (χ4n) is 4.47. The van der Waals surface area contributed by atoms with Gasteiger partial charge in [-0.25, -0.2) is 9.78 Å². The Labute approximate surface area is 207 Å². The van der Waals surface area contributed by atoms with E-state index in [1.165, 1.54) is 0 Å². The summed E-state index contributed by atoms with van der Waals surface area (Å²) in [7, 11) is 0. The second kappa shape index (κ2) is 9.31. The van der Waals surface area contributed by atoms with Crippen LogP contribution in [-0.2, 0) is 4.74 Å². The molecular formula is C28H24N6O2. The molecule has 8 nitrogen and oxygen atoms in total. The van der Waals surface area contributed by atoms with Crippen LogP contribution in [0, 0.1) is 6.92 Å². The van der Waals surface area contributed by atoms with Crippen LogP contribution >= 0.6 is 0 Å². The number of H-pyrrole nitrogens is 1. The number of hydrogen-bond donors (Lipinski definition) is 2. The van der Waals surface area contributed by atoms with Gasteiger partial charge in [0.15, 0.2) is 0 Å². The first-order valence-corrected chi connectivity index (χ1v) is 11.9. The maximum absolute atomic E-state index is 12.6. The molecule has 0 radical (unpaired) electrons. The van der Waals surface area contributed by atoms with E-state index < -0.39 is 0 Å². The van der Waals surface area contributed by atoms with Crippen LogP contribution in [0.25, 0.3) is 44.8 Å². The Morgan fingerprint density at radius 3 is 2.78 bits per heavy atom. The minimum absolute atomic E-state index is 0.0863. The summed E-state index contributed by atoms with van der Waals surface area (Å²) in [5.74, 6) is -0.334. The third-order valence-electron chi connectivity index (χ3n) is 6.32. The van der Waals surface area contributed by atoms with Crippen LogP contribution in [0.1, 0.15) is 22.5 Å². The quantitative estimate of drug-likeness (QED) is 0.358. The molecular weight excluding hydrogens is 452 g/mol. The number of pyridine rings is 3. The third kappa shape index (κ3) is 4.34.